The van der Waals surface area contributed by atoms with Crippen LogP contribution in [0.3, 0.4) is 0 Å². The van der Waals surface area contributed by atoms with Gasteiger partial charge in [-0.1, -0.05) is 11.3 Å². The Labute approximate surface area is 95.8 Å². The number of nitrogens with zero attached hydrogens (tertiary/aromatic N) is 4. The molecule has 5 nitrogen and oxygen atoms in total. The van der Waals surface area contributed by atoms with Crippen LogP contribution in [0.5, 0.6) is 0 Å². The summed E-state index contributed by atoms with van der Waals surface area (Å²) in [6, 6.07) is 3.88. The molecular weight excluding hydrogens is 222 g/mol. The van der Waals surface area contributed by atoms with E-state index in [0.29, 0.717) is 0 Å². The summed E-state index contributed by atoms with van der Waals surface area (Å²) in [6.07, 6.45) is 5.45. The fourth-order valence-corrected chi connectivity index (χ4v) is 2.19. The first-order valence-electron chi connectivity index (χ1n) is 4.81. The molecule has 0 bridgehead atoms. The number of imidazole rings is 1. The summed E-state index contributed by atoms with van der Waals surface area (Å²) >= 11 is 1.52. The molecule has 0 atom stereocenters. The van der Waals surface area contributed by atoms with Crippen LogP contribution in [0, 0.1) is 0 Å². The molecule has 0 aliphatic carbocycles. The Kier molecular flexibility index (Phi) is 2.07. The van der Waals surface area contributed by atoms with Gasteiger partial charge in [0.1, 0.15) is 0 Å². The van der Waals surface area contributed by atoms with Crippen molar-refractivity contribution < 1.29 is 0 Å². The van der Waals surface area contributed by atoms with Crippen molar-refractivity contribution in [3.8, 4) is 11.3 Å². The van der Waals surface area contributed by atoms with Crippen molar-refractivity contribution in [1.82, 2.24) is 19.6 Å². The SMILES string of the molecule is CNc1nn2cc(-c3cccnc3)nc2s1. The summed E-state index contributed by atoms with van der Waals surface area (Å²) in [4.78, 5) is 9.44. The highest BCUT2D eigenvalue weighted by molar-refractivity contribution is 7.20. The lowest BCUT2D eigenvalue weighted by Crippen LogP contribution is -1.88. The fraction of sp³-hybridized carbons (Fsp3) is 0.100. The van der Waals surface area contributed by atoms with E-state index in [0.717, 1.165) is 21.3 Å². The predicted molar refractivity (Wildman–Crippen MR) is 63.6 cm³/mol. The first-order valence-corrected chi connectivity index (χ1v) is 5.63. The van der Waals surface area contributed by atoms with Gasteiger partial charge >= 0.3 is 0 Å². The van der Waals surface area contributed by atoms with Gasteiger partial charge in [0.25, 0.3) is 0 Å². The Morgan fingerprint density at radius 3 is 3.06 bits per heavy atom. The standard InChI is InChI=1S/C10H9N5S/c1-11-9-14-15-6-8(13-10(15)16-9)7-3-2-4-12-5-7/h2-6H,1H3,(H,11,14). The van der Waals surface area contributed by atoms with Crippen molar-refractivity contribution in [3.05, 3.63) is 30.7 Å². The number of anilines is 1. The molecule has 0 aliphatic rings. The minimum Gasteiger partial charge on any atom is -0.363 e. The van der Waals surface area contributed by atoms with Crippen molar-refractivity contribution in [3.63, 3.8) is 0 Å². The molecule has 0 spiro atoms. The molecule has 6 heteroatoms. The zero-order chi connectivity index (χ0) is 11.0. The third kappa shape index (κ3) is 1.43. The molecular formula is C10H9N5S. The van der Waals surface area contributed by atoms with Gasteiger partial charge in [-0.25, -0.2) is 9.50 Å². The van der Waals surface area contributed by atoms with Crippen LogP contribution in [0.1, 0.15) is 0 Å². The molecule has 16 heavy (non-hydrogen) atoms. The molecule has 3 heterocycles. The zero-order valence-corrected chi connectivity index (χ0v) is 9.40. The summed E-state index contributed by atoms with van der Waals surface area (Å²) < 4.78 is 1.78. The van der Waals surface area contributed by atoms with E-state index in [1.54, 1.807) is 16.9 Å². The smallest absolute Gasteiger partial charge is 0.214 e. The highest BCUT2D eigenvalue weighted by atomic mass is 32.1. The van der Waals surface area contributed by atoms with Gasteiger partial charge in [0, 0.05) is 25.0 Å². The average Bonchev–Trinajstić information content (AvgIpc) is 2.87. The first-order chi connectivity index (χ1) is 7.86. The summed E-state index contributed by atoms with van der Waals surface area (Å²) in [7, 11) is 1.85. The van der Waals surface area contributed by atoms with Gasteiger partial charge in [-0.05, 0) is 12.1 Å². The Morgan fingerprint density at radius 1 is 1.44 bits per heavy atom. The highest BCUT2D eigenvalue weighted by Gasteiger charge is 2.08. The average molecular weight is 231 g/mol. The number of aromatic nitrogens is 4. The van der Waals surface area contributed by atoms with Crippen molar-refractivity contribution in [2.24, 2.45) is 0 Å². The normalized spacial score (nSPS) is 10.8. The van der Waals surface area contributed by atoms with Crippen LogP contribution in [0.2, 0.25) is 0 Å². The third-order valence-corrected chi connectivity index (χ3v) is 3.15. The molecule has 0 saturated heterocycles. The lowest BCUT2D eigenvalue weighted by atomic mass is 10.2. The topological polar surface area (TPSA) is 55.1 Å². The van der Waals surface area contributed by atoms with E-state index in [9.17, 15) is 0 Å². The molecule has 0 amide bonds. The largest absolute Gasteiger partial charge is 0.363 e. The summed E-state index contributed by atoms with van der Waals surface area (Å²) in [5.41, 5.74) is 1.90. The first kappa shape index (κ1) is 9.29. The van der Waals surface area contributed by atoms with Gasteiger partial charge in [-0.3, -0.25) is 4.98 Å². The van der Waals surface area contributed by atoms with E-state index in [4.69, 9.17) is 0 Å². The van der Waals surface area contributed by atoms with Crippen molar-refractivity contribution >= 4 is 21.4 Å². The predicted octanol–water partition coefficient (Wildman–Crippen LogP) is 1.89. The van der Waals surface area contributed by atoms with Crippen molar-refractivity contribution in [1.29, 1.82) is 0 Å². The van der Waals surface area contributed by atoms with Gasteiger partial charge < -0.3 is 5.32 Å². The second-order valence-electron chi connectivity index (χ2n) is 3.25. The van der Waals surface area contributed by atoms with Crippen molar-refractivity contribution in [2.75, 3.05) is 12.4 Å². The van der Waals surface area contributed by atoms with E-state index in [1.807, 2.05) is 25.4 Å². The van der Waals surface area contributed by atoms with E-state index >= 15 is 0 Å². The maximum atomic E-state index is 4.49. The molecule has 0 radical (unpaired) electrons. The maximum absolute atomic E-state index is 4.49. The van der Waals surface area contributed by atoms with E-state index in [1.165, 1.54) is 11.3 Å². The zero-order valence-electron chi connectivity index (χ0n) is 8.58. The van der Waals surface area contributed by atoms with Crippen LogP contribution in [0.4, 0.5) is 5.13 Å². The van der Waals surface area contributed by atoms with Crippen LogP contribution >= 0.6 is 11.3 Å². The van der Waals surface area contributed by atoms with E-state index < -0.39 is 0 Å². The molecule has 0 unspecified atom stereocenters. The maximum Gasteiger partial charge on any atom is 0.214 e. The van der Waals surface area contributed by atoms with Gasteiger partial charge in [-0.2, -0.15) is 0 Å². The van der Waals surface area contributed by atoms with Gasteiger partial charge in [0.15, 0.2) is 0 Å². The Balaban J connectivity index is 2.10. The lowest BCUT2D eigenvalue weighted by molar-refractivity contribution is 0.975. The van der Waals surface area contributed by atoms with Gasteiger partial charge in [0.2, 0.25) is 10.1 Å². The molecule has 3 aromatic heterocycles. The van der Waals surface area contributed by atoms with E-state index in [2.05, 4.69) is 20.4 Å². The van der Waals surface area contributed by atoms with Gasteiger partial charge in [-0.15, -0.1) is 5.10 Å². The number of pyridine rings is 1. The Bertz CT molecular complexity index is 581. The minimum absolute atomic E-state index is 0.861. The van der Waals surface area contributed by atoms with Crippen LogP contribution in [-0.2, 0) is 0 Å². The number of hydrogen-bond acceptors (Lipinski definition) is 5. The molecule has 0 aliphatic heterocycles. The Morgan fingerprint density at radius 2 is 2.38 bits per heavy atom. The van der Waals surface area contributed by atoms with Crippen LogP contribution in [-0.4, -0.2) is 26.6 Å². The molecule has 3 rings (SSSR count). The third-order valence-electron chi connectivity index (χ3n) is 2.21. The fourth-order valence-electron chi connectivity index (χ4n) is 1.45. The number of fused-ring (bicyclic) bond motifs is 1. The Hall–Kier alpha value is -1.95. The molecule has 1 N–H and O–H groups in total. The van der Waals surface area contributed by atoms with E-state index in [-0.39, 0.29) is 0 Å². The van der Waals surface area contributed by atoms with Crippen LogP contribution in [0.25, 0.3) is 16.2 Å². The minimum atomic E-state index is 0.861. The highest BCUT2D eigenvalue weighted by Crippen LogP contribution is 2.23. The van der Waals surface area contributed by atoms with Crippen molar-refractivity contribution in [2.45, 2.75) is 0 Å². The number of rotatable bonds is 2. The lowest BCUT2D eigenvalue weighted by Gasteiger charge is -1.92. The van der Waals surface area contributed by atoms with Crippen LogP contribution < -0.4 is 5.32 Å². The summed E-state index contributed by atoms with van der Waals surface area (Å²) in [6.45, 7) is 0. The second-order valence-corrected chi connectivity index (χ2v) is 4.21. The molecule has 0 saturated carbocycles. The molecule has 0 aromatic carbocycles. The van der Waals surface area contributed by atoms with Gasteiger partial charge in [0.05, 0.1) is 11.9 Å². The number of nitrogens with one attached hydrogen (secondary N) is 1. The number of hydrogen-bond donors (Lipinski definition) is 1. The quantitative estimate of drug-likeness (QED) is 0.731. The molecule has 80 valence electrons. The monoisotopic (exact) mass is 231 g/mol. The summed E-state index contributed by atoms with van der Waals surface area (Å²) in [5, 5.41) is 8.18. The molecule has 3 aromatic rings. The van der Waals surface area contributed by atoms with Crippen LogP contribution in [0.15, 0.2) is 30.7 Å². The molecule has 0 fully saturated rings. The summed E-state index contributed by atoms with van der Waals surface area (Å²) in [5.74, 6) is 0. The second kappa shape index (κ2) is 3.57.